The zero-order valence-electron chi connectivity index (χ0n) is 9.86. The van der Waals surface area contributed by atoms with Crippen molar-refractivity contribution in [2.24, 2.45) is 0 Å². The van der Waals surface area contributed by atoms with Gasteiger partial charge in [-0.1, -0.05) is 0 Å². The third kappa shape index (κ3) is 4.40. The summed E-state index contributed by atoms with van der Waals surface area (Å²) in [7, 11) is 0. The van der Waals surface area contributed by atoms with E-state index < -0.39 is 30.0 Å². The molecule has 1 rings (SSSR count). The van der Waals surface area contributed by atoms with E-state index in [9.17, 15) is 19.2 Å². The smallest absolute Gasteiger partial charge is 0.315 e. The normalized spacial score (nSPS) is 20.8. The number of hydrogen-bond acceptors (Lipinski definition) is 4. The van der Waals surface area contributed by atoms with Crippen LogP contribution in [-0.2, 0) is 14.4 Å². The number of carbonyl (C=O) groups is 4. The zero-order chi connectivity index (χ0) is 13.7. The summed E-state index contributed by atoms with van der Waals surface area (Å²) in [6.45, 7) is 1.54. The fraction of sp³-hybridized carbons (Fsp3) is 0.600. The van der Waals surface area contributed by atoms with Gasteiger partial charge < -0.3 is 15.7 Å². The first-order chi connectivity index (χ1) is 8.38. The Morgan fingerprint density at radius 1 is 1.50 bits per heavy atom. The maximum atomic E-state index is 11.5. The molecule has 0 aromatic rings. The molecule has 1 heterocycles. The van der Waals surface area contributed by atoms with Crippen LogP contribution in [0.4, 0.5) is 4.79 Å². The van der Waals surface area contributed by atoms with Crippen LogP contribution in [0.15, 0.2) is 0 Å². The van der Waals surface area contributed by atoms with Gasteiger partial charge in [-0.25, -0.2) is 4.79 Å². The topological polar surface area (TPSA) is 125 Å². The van der Waals surface area contributed by atoms with E-state index in [4.69, 9.17) is 5.11 Å². The summed E-state index contributed by atoms with van der Waals surface area (Å²) in [6.07, 6.45) is 0.204. The van der Waals surface area contributed by atoms with Gasteiger partial charge in [-0.2, -0.15) is 0 Å². The van der Waals surface area contributed by atoms with Gasteiger partial charge in [0.15, 0.2) is 0 Å². The highest BCUT2D eigenvalue weighted by atomic mass is 16.4. The molecule has 0 saturated carbocycles. The fourth-order valence-electron chi connectivity index (χ4n) is 1.57. The highest BCUT2D eigenvalue weighted by molar-refractivity contribution is 6.01. The van der Waals surface area contributed by atoms with Crippen LogP contribution in [0.5, 0.6) is 0 Å². The number of imide groups is 1. The monoisotopic (exact) mass is 257 g/mol. The van der Waals surface area contributed by atoms with Crippen LogP contribution in [0.1, 0.15) is 26.2 Å². The first-order valence-corrected chi connectivity index (χ1v) is 5.51. The van der Waals surface area contributed by atoms with Crippen LogP contribution >= 0.6 is 0 Å². The average molecular weight is 257 g/mol. The van der Waals surface area contributed by atoms with Crippen LogP contribution in [0.3, 0.4) is 0 Å². The second-order valence-corrected chi connectivity index (χ2v) is 4.12. The molecule has 18 heavy (non-hydrogen) atoms. The van der Waals surface area contributed by atoms with E-state index in [1.165, 1.54) is 6.92 Å². The molecule has 4 N–H and O–H groups in total. The number of carboxylic acid groups (broad SMARTS) is 1. The number of carboxylic acids is 1. The first kappa shape index (κ1) is 13.9. The summed E-state index contributed by atoms with van der Waals surface area (Å²) < 4.78 is 0. The number of piperidine rings is 1. The fourth-order valence-corrected chi connectivity index (χ4v) is 1.57. The quantitative estimate of drug-likeness (QED) is 0.478. The molecule has 1 aliphatic rings. The van der Waals surface area contributed by atoms with Crippen molar-refractivity contribution in [1.29, 1.82) is 0 Å². The number of urea groups is 1. The average Bonchev–Trinajstić information content (AvgIpc) is 2.20. The van der Waals surface area contributed by atoms with Gasteiger partial charge in [-0.05, 0) is 13.3 Å². The van der Waals surface area contributed by atoms with Crippen LogP contribution in [0.2, 0.25) is 0 Å². The number of carbonyl (C=O) groups excluding carboxylic acids is 3. The van der Waals surface area contributed by atoms with Crippen molar-refractivity contribution in [1.82, 2.24) is 16.0 Å². The number of rotatable bonds is 4. The van der Waals surface area contributed by atoms with Crippen LogP contribution < -0.4 is 16.0 Å². The molecule has 0 bridgehead atoms. The van der Waals surface area contributed by atoms with Gasteiger partial charge in [-0.3, -0.25) is 19.7 Å². The molecule has 8 nitrogen and oxygen atoms in total. The lowest BCUT2D eigenvalue weighted by Gasteiger charge is -2.22. The molecule has 100 valence electrons. The Hall–Kier alpha value is -2.12. The Bertz CT molecular complexity index is 382. The Kier molecular flexibility index (Phi) is 4.64. The molecule has 0 aromatic carbocycles. The molecule has 0 aromatic heterocycles. The molecule has 2 atom stereocenters. The van der Waals surface area contributed by atoms with E-state index in [2.05, 4.69) is 16.0 Å². The van der Waals surface area contributed by atoms with Crippen LogP contribution in [0.25, 0.3) is 0 Å². The molecule has 8 heteroatoms. The first-order valence-electron chi connectivity index (χ1n) is 5.51. The lowest BCUT2D eigenvalue weighted by atomic mass is 10.1. The highest BCUT2D eigenvalue weighted by Crippen LogP contribution is 2.04. The van der Waals surface area contributed by atoms with Gasteiger partial charge in [0.1, 0.15) is 6.04 Å². The standard InChI is InChI=1S/C10H15N3O5/c1-5(4-8(15)16)11-10(18)12-6-2-3-7(14)13-9(6)17/h5-6H,2-4H2,1H3,(H,15,16)(H2,11,12,18)(H,13,14,17). The molecule has 4 amide bonds. The number of nitrogens with one attached hydrogen (secondary N) is 3. The van der Waals surface area contributed by atoms with Crippen molar-refractivity contribution in [2.75, 3.05) is 0 Å². The van der Waals surface area contributed by atoms with Gasteiger partial charge in [0.2, 0.25) is 11.8 Å². The summed E-state index contributed by atoms with van der Waals surface area (Å²) in [5, 5.41) is 15.4. The van der Waals surface area contributed by atoms with E-state index >= 15 is 0 Å². The van der Waals surface area contributed by atoms with Crippen molar-refractivity contribution >= 4 is 23.8 Å². The minimum absolute atomic E-state index is 0.168. The van der Waals surface area contributed by atoms with E-state index in [1.807, 2.05) is 0 Å². The molecule has 0 aliphatic carbocycles. The van der Waals surface area contributed by atoms with Gasteiger partial charge in [-0.15, -0.1) is 0 Å². The van der Waals surface area contributed by atoms with Gasteiger partial charge in [0, 0.05) is 12.5 Å². The predicted molar refractivity (Wildman–Crippen MR) is 59.6 cm³/mol. The molecule has 1 saturated heterocycles. The van der Waals surface area contributed by atoms with E-state index in [-0.39, 0.29) is 25.2 Å². The van der Waals surface area contributed by atoms with E-state index in [1.54, 1.807) is 0 Å². The van der Waals surface area contributed by atoms with E-state index in [0.29, 0.717) is 0 Å². The lowest BCUT2D eigenvalue weighted by molar-refractivity contribution is -0.138. The number of aliphatic carboxylic acids is 1. The Balaban J connectivity index is 2.38. The predicted octanol–water partition coefficient (Wildman–Crippen LogP) is -1.05. The maximum Gasteiger partial charge on any atom is 0.315 e. The maximum absolute atomic E-state index is 11.5. The van der Waals surface area contributed by atoms with Crippen molar-refractivity contribution in [2.45, 2.75) is 38.3 Å². The van der Waals surface area contributed by atoms with E-state index in [0.717, 1.165) is 0 Å². The Morgan fingerprint density at radius 2 is 2.17 bits per heavy atom. The Labute approximate surface area is 103 Å². The van der Waals surface area contributed by atoms with Crippen molar-refractivity contribution in [3.63, 3.8) is 0 Å². The van der Waals surface area contributed by atoms with Crippen molar-refractivity contribution in [3.05, 3.63) is 0 Å². The number of amides is 4. The zero-order valence-corrected chi connectivity index (χ0v) is 9.86. The van der Waals surface area contributed by atoms with Crippen molar-refractivity contribution in [3.8, 4) is 0 Å². The summed E-state index contributed by atoms with van der Waals surface area (Å²) in [4.78, 5) is 44.1. The minimum atomic E-state index is -1.02. The molecule has 2 unspecified atom stereocenters. The third-order valence-corrected chi connectivity index (χ3v) is 2.40. The molecule has 1 fully saturated rings. The minimum Gasteiger partial charge on any atom is -0.481 e. The van der Waals surface area contributed by atoms with Gasteiger partial charge in [0.25, 0.3) is 0 Å². The Morgan fingerprint density at radius 3 is 2.72 bits per heavy atom. The summed E-state index contributed by atoms with van der Waals surface area (Å²) >= 11 is 0. The highest BCUT2D eigenvalue weighted by Gasteiger charge is 2.28. The summed E-state index contributed by atoms with van der Waals surface area (Å²) in [5.41, 5.74) is 0. The van der Waals surface area contributed by atoms with Crippen molar-refractivity contribution < 1.29 is 24.3 Å². The number of hydrogen-bond donors (Lipinski definition) is 4. The van der Waals surface area contributed by atoms with Gasteiger partial charge >= 0.3 is 12.0 Å². The molecule has 0 spiro atoms. The second kappa shape index (κ2) is 5.99. The third-order valence-electron chi connectivity index (χ3n) is 2.40. The lowest BCUT2D eigenvalue weighted by Crippen LogP contribution is -2.55. The van der Waals surface area contributed by atoms with Crippen LogP contribution in [0, 0.1) is 0 Å². The summed E-state index contributed by atoms with van der Waals surface area (Å²) in [6, 6.07) is -1.94. The largest absolute Gasteiger partial charge is 0.481 e. The van der Waals surface area contributed by atoms with Crippen LogP contribution in [-0.4, -0.2) is 41.0 Å². The summed E-state index contributed by atoms with van der Waals surface area (Å²) in [5.74, 6) is -1.94. The molecule has 1 aliphatic heterocycles. The molecular weight excluding hydrogens is 242 g/mol. The molecule has 0 radical (unpaired) electrons. The SMILES string of the molecule is CC(CC(=O)O)NC(=O)NC1CCC(=O)NC1=O. The second-order valence-electron chi connectivity index (χ2n) is 4.12. The molecular formula is C10H15N3O5. The van der Waals surface area contributed by atoms with Gasteiger partial charge in [0.05, 0.1) is 6.42 Å².